The van der Waals surface area contributed by atoms with Crippen molar-refractivity contribution in [3.05, 3.63) is 52.6 Å². The van der Waals surface area contributed by atoms with Crippen molar-refractivity contribution in [2.24, 2.45) is 5.73 Å². The Morgan fingerprint density at radius 2 is 1.76 bits per heavy atom. The molecule has 0 saturated heterocycles. The molecular formula is C19H21N3O3. The molecule has 0 saturated carbocycles. The molecule has 0 amide bonds. The van der Waals surface area contributed by atoms with Crippen LogP contribution in [0.5, 0.6) is 11.5 Å². The number of methoxy groups -OCH3 is 2. The molecule has 2 aromatic heterocycles. The fourth-order valence-corrected chi connectivity index (χ4v) is 2.89. The number of fused-ring (bicyclic) bond motifs is 1. The standard InChI is InChI=1S/C19H21N3O3/c1-12-6-18-14(11-21-12)9-17(19(23)22(18)5-4-20)13-7-15(24-2)10-16(8-13)25-3/h6-11H,4-5,20H2,1-3H3. The molecule has 0 radical (unpaired) electrons. The lowest BCUT2D eigenvalue weighted by atomic mass is 10.0. The molecule has 0 bridgehead atoms. The molecule has 0 aliphatic rings. The van der Waals surface area contributed by atoms with E-state index >= 15 is 0 Å². The molecule has 0 aliphatic carbocycles. The second kappa shape index (κ2) is 6.94. The first-order chi connectivity index (χ1) is 12.1. The lowest BCUT2D eigenvalue weighted by Crippen LogP contribution is -2.25. The minimum atomic E-state index is -0.0983. The van der Waals surface area contributed by atoms with Crippen LogP contribution in [0.2, 0.25) is 0 Å². The smallest absolute Gasteiger partial charge is 0.258 e. The van der Waals surface area contributed by atoms with Crippen molar-refractivity contribution in [2.45, 2.75) is 13.5 Å². The lowest BCUT2D eigenvalue weighted by molar-refractivity contribution is 0.394. The van der Waals surface area contributed by atoms with Gasteiger partial charge >= 0.3 is 0 Å². The Morgan fingerprint density at radius 3 is 2.36 bits per heavy atom. The summed E-state index contributed by atoms with van der Waals surface area (Å²) in [6, 6.07) is 9.17. The van der Waals surface area contributed by atoms with Crippen molar-refractivity contribution in [2.75, 3.05) is 20.8 Å². The molecule has 6 heteroatoms. The molecule has 0 aliphatic heterocycles. The topological polar surface area (TPSA) is 79.4 Å². The highest BCUT2D eigenvalue weighted by atomic mass is 16.5. The van der Waals surface area contributed by atoms with Crippen LogP contribution in [0.25, 0.3) is 22.0 Å². The SMILES string of the molecule is COc1cc(OC)cc(-c2cc3cnc(C)cc3n(CCN)c2=O)c1. The van der Waals surface area contributed by atoms with Gasteiger partial charge in [0.15, 0.2) is 0 Å². The predicted molar refractivity (Wildman–Crippen MR) is 98.3 cm³/mol. The highest BCUT2D eigenvalue weighted by Crippen LogP contribution is 2.29. The van der Waals surface area contributed by atoms with E-state index in [2.05, 4.69) is 4.98 Å². The van der Waals surface area contributed by atoms with Crippen molar-refractivity contribution < 1.29 is 9.47 Å². The summed E-state index contributed by atoms with van der Waals surface area (Å²) in [6.45, 7) is 2.71. The Hall–Kier alpha value is -2.86. The number of hydrogen-bond acceptors (Lipinski definition) is 5. The molecule has 2 N–H and O–H groups in total. The van der Waals surface area contributed by atoms with Gasteiger partial charge in [0.25, 0.3) is 5.56 Å². The third kappa shape index (κ3) is 3.21. The molecule has 0 atom stereocenters. The molecule has 6 nitrogen and oxygen atoms in total. The molecule has 130 valence electrons. The molecule has 3 rings (SSSR count). The number of rotatable bonds is 5. The summed E-state index contributed by atoms with van der Waals surface area (Å²) in [5.74, 6) is 1.25. The Kier molecular flexibility index (Phi) is 4.72. The Labute approximate surface area is 145 Å². The summed E-state index contributed by atoms with van der Waals surface area (Å²) in [5.41, 5.74) is 8.60. The summed E-state index contributed by atoms with van der Waals surface area (Å²) >= 11 is 0. The zero-order chi connectivity index (χ0) is 18.0. The number of aromatic nitrogens is 2. The van der Waals surface area contributed by atoms with E-state index in [0.717, 1.165) is 22.2 Å². The van der Waals surface area contributed by atoms with Crippen LogP contribution < -0.4 is 20.8 Å². The zero-order valence-corrected chi connectivity index (χ0v) is 14.6. The Balaban J connectivity index is 2.32. The molecular weight excluding hydrogens is 318 g/mol. The number of pyridine rings is 2. The van der Waals surface area contributed by atoms with Crippen LogP contribution >= 0.6 is 0 Å². The van der Waals surface area contributed by atoms with Crippen LogP contribution in [-0.2, 0) is 6.54 Å². The van der Waals surface area contributed by atoms with E-state index in [-0.39, 0.29) is 5.56 Å². The first-order valence-corrected chi connectivity index (χ1v) is 8.01. The second-order valence-electron chi connectivity index (χ2n) is 5.79. The van der Waals surface area contributed by atoms with Crippen LogP contribution in [-0.4, -0.2) is 30.3 Å². The van der Waals surface area contributed by atoms with Crippen molar-refractivity contribution in [1.82, 2.24) is 9.55 Å². The van der Waals surface area contributed by atoms with Gasteiger partial charge in [0.1, 0.15) is 11.5 Å². The highest BCUT2D eigenvalue weighted by Gasteiger charge is 2.13. The van der Waals surface area contributed by atoms with Crippen molar-refractivity contribution >= 4 is 10.9 Å². The number of nitrogens with two attached hydrogens (primary N) is 1. The Morgan fingerprint density at radius 1 is 1.08 bits per heavy atom. The first kappa shape index (κ1) is 17.0. The highest BCUT2D eigenvalue weighted by molar-refractivity contribution is 5.84. The maximum Gasteiger partial charge on any atom is 0.258 e. The normalized spacial score (nSPS) is 10.9. The van der Waals surface area contributed by atoms with Crippen LogP contribution in [0.3, 0.4) is 0 Å². The van der Waals surface area contributed by atoms with Crippen molar-refractivity contribution in [3.63, 3.8) is 0 Å². The van der Waals surface area contributed by atoms with E-state index in [1.54, 1.807) is 31.0 Å². The van der Waals surface area contributed by atoms with Gasteiger partial charge in [0, 0.05) is 42.0 Å². The summed E-state index contributed by atoms with van der Waals surface area (Å²) < 4.78 is 12.3. The summed E-state index contributed by atoms with van der Waals surface area (Å²) in [5, 5.41) is 0.885. The van der Waals surface area contributed by atoms with Crippen molar-refractivity contribution in [3.8, 4) is 22.6 Å². The second-order valence-corrected chi connectivity index (χ2v) is 5.79. The van der Waals surface area contributed by atoms with Gasteiger partial charge in [-0.25, -0.2) is 0 Å². The summed E-state index contributed by atoms with van der Waals surface area (Å²) in [7, 11) is 3.16. The van der Waals surface area contributed by atoms with E-state index in [1.165, 1.54) is 0 Å². The molecule has 25 heavy (non-hydrogen) atoms. The van der Waals surface area contributed by atoms with Crippen LogP contribution in [0, 0.1) is 6.92 Å². The molecule has 0 spiro atoms. The quantitative estimate of drug-likeness (QED) is 0.772. The lowest BCUT2D eigenvalue weighted by Gasteiger charge is -2.14. The van der Waals surface area contributed by atoms with E-state index in [0.29, 0.717) is 30.2 Å². The molecule has 0 unspecified atom stereocenters. The van der Waals surface area contributed by atoms with Gasteiger partial charge in [0.05, 0.1) is 19.7 Å². The average molecular weight is 339 g/mol. The predicted octanol–water partition coefficient (Wildman–Crippen LogP) is 2.35. The third-order valence-corrected chi connectivity index (χ3v) is 4.13. The fourth-order valence-electron chi connectivity index (χ4n) is 2.89. The minimum absolute atomic E-state index is 0.0983. The summed E-state index contributed by atoms with van der Waals surface area (Å²) in [6.07, 6.45) is 1.78. The minimum Gasteiger partial charge on any atom is -0.497 e. The fraction of sp³-hybridized carbons (Fsp3) is 0.263. The summed E-state index contributed by atoms with van der Waals surface area (Å²) in [4.78, 5) is 17.4. The maximum atomic E-state index is 13.1. The van der Waals surface area contributed by atoms with Gasteiger partial charge < -0.3 is 19.8 Å². The van der Waals surface area contributed by atoms with Crippen LogP contribution in [0.4, 0.5) is 0 Å². The first-order valence-electron chi connectivity index (χ1n) is 8.01. The van der Waals surface area contributed by atoms with Crippen molar-refractivity contribution in [1.29, 1.82) is 0 Å². The molecule has 2 heterocycles. The number of aryl methyl sites for hydroxylation is 1. The number of hydrogen-bond donors (Lipinski definition) is 1. The number of benzene rings is 1. The Bertz CT molecular complexity index is 957. The van der Waals surface area contributed by atoms with Crippen LogP contribution in [0.1, 0.15) is 5.69 Å². The average Bonchev–Trinajstić information content (AvgIpc) is 2.63. The van der Waals surface area contributed by atoms with E-state index in [9.17, 15) is 4.79 Å². The maximum absolute atomic E-state index is 13.1. The van der Waals surface area contributed by atoms with Gasteiger partial charge in [0.2, 0.25) is 0 Å². The van der Waals surface area contributed by atoms with E-state index in [1.807, 2.05) is 31.2 Å². The monoisotopic (exact) mass is 339 g/mol. The zero-order valence-electron chi connectivity index (χ0n) is 14.6. The van der Waals surface area contributed by atoms with Gasteiger partial charge in [-0.05, 0) is 36.8 Å². The largest absolute Gasteiger partial charge is 0.497 e. The molecule has 1 aromatic carbocycles. The van der Waals surface area contributed by atoms with Gasteiger partial charge in [-0.15, -0.1) is 0 Å². The molecule has 3 aromatic rings. The number of ether oxygens (including phenoxy) is 2. The van der Waals surface area contributed by atoms with Gasteiger partial charge in [-0.1, -0.05) is 0 Å². The van der Waals surface area contributed by atoms with E-state index < -0.39 is 0 Å². The van der Waals surface area contributed by atoms with Gasteiger partial charge in [-0.2, -0.15) is 0 Å². The molecule has 0 fully saturated rings. The van der Waals surface area contributed by atoms with E-state index in [4.69, 9.17) is 15.2 Å². The van der Waals surface area contributed by atoms with Gasteiger partial charge in [-0.3, -0.25) is 9.78 Å². The number of nitrogens with zero attached hydrogens (tertiary/aromatic N) is 2. The van der Waals surface area contributed by atoms with Crippen LogP contribution in [0.15, 0.2) is 41.3 Å². The third-order valence-electron chi connectivity index (χ3n) is 4.13.